The Labute approximate surface area is 193 Å². The fourth-order valence-corrected chi connectivity index (χ4v) is 3.65. The molecule has 1 amide bonds. The van der Waals surface area contributed by atoms with Crippen LogP contribution in [0.5, 0.6) is 17.2 Å². The van der Waals surface area contributed by atoms with Gasteiger partial charge in [0.05, 0.1) is 11.4 Å². The van der Waals surface area contributed by atoms with Crippen molar-refractivity contribution < 1.29 is 32.2 Å². The molecule has 0 saturated carbocycles. The van der Waals surface area contributed by atoms with Crippen LogP contribution in [0.3, 0.4) is 0 Å². The van der Waals surface area contributed by atoms with Crippen LogP contribution < -0.4 is 24.2 Å². The predicted octanol–water partition coefficient (Wildman–Crippen LogP) is 1.88. The fraction of sp³-hybridized carbons (Fsp3) is 0.304. The molecule has 0 heterocycles. The van der Waals surface area contributed by atoms with Gasteiger partial charge >= 0.3 is 5.97 Å². The van der Waals surface area contributed by atoms with Crippen molar-refractivity contribution >= 4 is 21.9 Å². The molecule has 0 fully saturated rings. The molecule has 1 atom stereocenters. The van der Waals surface area contributed by atoms with Crippen molar-refractivity contribution in [1.29, 1.82) is 0 Å². The Morgan fingerprint density at radius 1 is 0.970 bits per heavy atom. The van der Waals surface area contributed by atoms with Gasteiger partial charge in [0.15, 0.2) is 0 Å². The number of amides is 1. The van der Waals surface area contributed by atoms with Gasteiger partial charge in [-0.3, -0.25) is 4.79 Å². The third kappa shape index (κ3) is 8.84. The number of sulfonamides is 1. The maximum Gasteiger partial charge on any atom is 0.329 e. The zero-order chi connectivity index (χ0) is 24.3. The Kier molecular flexibility index (Phi) is 9.72. The third-order valence-electron chi connectivity index (χ3n) is 4.09. The number of esters is 1. The minimum atomic E-state index is -3.95. The summed E-state index contributed by atoms with van der Waals surface area (Å²) in [6.07, 6.45) is 0. The normalized spacial score (nSPS) is 11.5. The molecule has 0 saturated heterocycles. The molecule has 176 valence electrons. The van der Waals surface area contributed by atoms with Crippen LogP contribution in [-0.4, -0.2) is 46.1 Å². The van der Waals surface area contributed by atoms with E-state index < -0.39 is 22.0 Å². The highest BCUT2D eigenvalue weighted by atomic mass is 32.2. The van der Waals surface area contributed by atoms with E-state index in [9.17, 15) is 18.0 Å². The van der Waals surface area contributed by atoms with E-state index >= 15 is 0 Å². The number of carbonyl (C=O) groups is 2. The van der Waals surface area contributed by atoms with Crippen molar-refractivity contribution in [2.45, 2.75) is 31.7 Å². The maximum atomic E-state index is 12.6. The van der Waals surface area contributed by atoms with Gasteiger partial charge in [-0.05, 0) is 62.4 Å². The average molecular weight is 475 g/mol. The van der Waals surface area contributed by atoms with E-state index in [0.29, 0.717) is 18.0 Å². The van der Waals surface area contributed by atoms with Crippen LogP contribution in [0.25, 0.3) is 0 Å². The zero-order valence-corrected chi connectivity index (χ0v) is 19.4. The molecule has 0 aliphatic heterocycles. The van der Waals surface area contributed by atoms with Gasteiger partial charge in [-0.25, -0.2) is 13.2 Å². The van der Waals surface area contributed by atoms with Gasteiger partial charge in [-0.2, -0.15) is 4.72 Å². The summed E-state index contributed by atoms with van der Waals surface area (Å²) in [5, 5.41) is 2.61. The molecule has 0 radical (unpaired) electrons. The van der Waals surface area contributed by atoms with Crippen LogP contribution in [0, 0.1) is 11.8 Å². The summed E-state index contributed by atoms with van der Waals surface area (Å²) in [7, 11) is -3.95. The van der Waals surface area contributed by atoms with Gasteiger partial charge in [0, 0.05) is 6.92 Å². The van der Waals surface area contributed by atoms with Gasteiger partial charge in [-0.1, -0.05) is 5.92 Å². The molecular weight excluding hydrogens is 448 g/mol. The smallest absolute Gasteiger partial charge is 0.329 e. The van der Waals surface area contributed by atoms with E-state index in [1.807, 2.05) is 0 Å². The summed E-state index contributed by atoms with van der Waals surface area (Å²) < 4.78 is 43.5. The van der Waals surface area contributed by atoms with Crippen molar-refractivity contribution in [3.63, 3.8) is 0 Å². The molecule has 0 aromatic heterocycles. The number of benzene rings is 2. The number of hydrogen-bond donors (Lipinski definition) is 2. The highest BCUT2D eigenvalue weighted by Gasteiger charge is 2.23. The molecule has 0 aliphatic carbocycles. The van der Waals surface area contributed by atoms with Crippen molar-refractivity contribution in [2.24, 2.45) is 0 Å². The lowest BCUT2D eigenvalue weighted by molar-refractivity contribution is -0.135. The Morgan fingerprint density at radius 3 is 2.15 bits per heavy atom. The van der Waals surface area contributed by atoms with Gasteiger partial charge in [0.2, 0.25) is 15.9 Å². The Morgan fingerprint density at radius 2 is 1.55 bits per heavy atom. The number of nitrogens with one attached hydrogen (secondary N) is 2. The summed E-state index contributed by atoms with van der Waals surface area (Å²) in [6.45, 7) is 5.36. The SMILES string of the molecule is CC#CCOc1ccc(S(=O)(=O)N[C@H](C)C(=O)Oc2ccc(OCCNC(C)=O)cc2)cc1. The minimum absolute atomic E-state index is 0.0168. The van der Waals surface area contributed by atoms with Gasteiger partial charge in [-0.15, -0.1) is 5.92 Å². The van der Waals surface area contributed by atoms with Gasteiger partial charge in [0.25, 0.3) is 0 Å². The van der Waals surface area contributed by atoms with E-state index in [1.54, 1.807) is 19.1 Å². The molecule has 0 bridgehead atoms. The molecule has 0 spiro atoms. The molecule has 2 N–H and O–H groups in total. The standard InChI is InChI=1S/C23H26N2O7S/c1-4-5-15-30-20-10-12-22(13-11-20)33(28,29)25-17(2)23(27)32-21-8-6-19(7-9-21)31-16-14-24-18(3)26/h6-13,17,25H,14-16H2,1-3H3,(H,24,26)/t17-/m1/s1. The van der Waals surface area contributed by atoms with Crippen LogP contribution >= 0.6 is 0 Å². The summed E-state index contributed by atoms with van der Waals surface area (Å²) in [4.78, 5) is 23.1. The molecular formula is C23H26N2O7S. The first-order chi connectivity index (χ1) is 15.7. The summed E-state index contributed by atoms with van der Waals surface area (Å²) in [5.74, 6) is 5.77. The van der Waals surface area contributed by atoms with Gasteiger partial charge < -0.3 is 19.5 Å². The quantitative estimate of drug-likeness (QED) is 0.221. The van der Waals surface area contributed by atoms with E-state index in [2.05, 4.69) is 21.9 Å². The number of rotatable bonds is 11. The Hall–Kier alpha value is -3.55. The van der Waals surface area contributed by atoms with Crippen molar-refractivity contribution in [3.05, 3.63) is 48.5 Å². The van der Waals surface area contributed by atoms with E-state index in [-0.39, 0.29) is 29.8 Å². The minimum Gasteiger partial charge on any atom is -0.492 e. The largest absolute Gasteiger partial charge is 0.492 e. The average Bonchev–Trinajstić information content (AvgIpc) is 2.78. The number of ether oxygens (including phenoxy) is 3. The molecule has 10 heteroatoms. The summed E-state index contributed by atoms with van der Waals surface area (Å²) >= 11 is 0. The number of hydrogen-bond acceptors (Lipinski definition) is 7. The summed E-state index contributed by atoms with van der Waals surface area (Å²) in [6, 6.07) is 10.9. The van der Waals surface area contributed by atoms with Crippen LogP contribution in [0.1, 0.15) is 20.8 Å². The fourth-order valence-electron chi connectivity index (χ4n) is 2.46. The zero-order valence-electron chi connectivity index (χ0n) is 18.6. The van der Waals surface area contributed by atoms with Crippen molar-refractivity contribution in [1.82, 2.24) is 10.0 Å². The van der Waals surface area contributed by atoms with Crippen LogP contribution in [0.2, 0.25) is 0 Å². The Bertz CT molecular complexity index is 1100. The van der Waals surface area contributed by atoms with E-state index in [0.717, 1.165) is 0 Å². The van der Waals surface area contributed by atoms with Crippen molar-refractivity contribution in [2.75, 3.05) is 19.8 Å². The molecule has 0 aliphatic rings. The van der Waals surface area contributed by atoms with Crippen LogP contribution in [0.15, 0.2) is 53.4 Å². The lowest BCUT2D eigenvalue weighted by atomic mass is 10.3. The number of carbonyl (C=O) groups excluding carboxylic acids is 2. The van der Waals surface area contributed by atoms with Crippen LogP contribution in [0.4, 0.5) is 0 Å². The first-order valence-electron chi connectivity index (χ1n) is 10.0. The highest BCUT2D eigenvalue weighted by molar-refractivity contribution is 7.89. The first kappa shape index (κ1) is 25.7. The van der Waals surface area contributed by atoms with E-state index in [4.69, 9.17) is 14.2 Å². The second-order valence-electron chi connectivity index (χ2n) is 6.75. The maximum absolute atomic E-state index is 12.6. The van der Waals surface area contributed by atoms with E-state index in [1.165, 1.54) is 50.2 Å². The molecule has 2 rings (SSSR count). The predicted molar refractivity (Wildman–Crippen MR) is 121 cm³/mol. The van der Waals surface area contributed by atoms with Crippen molar-refractivity contribution in [3.8, 4) is 29.1 Å². The van der Waals surface area contributed by atoms with Crippen LogP contribution in [-0.2, 0) is 19.6 Å². The first-order valence-corrected chi connectivity index (χ1v) is 11.5. The molecule has 2 aromatic carbocycles. The monoisotopic (exact) mass is 474 g/mol. The highest BCUT2D eigenvalue weighted by Crippen LogP contribution is 2.19. The molecule has 0 unspecified atom stereocenters. The molecule has 33 heavy (non-hydrogen) atoms. The topological polar surface area (TPSA) is 120 Å². The third-order valence-corrected chi connectivity index (χ3v) is 5.65. The second kappa shape index (κ2) is 12.5. The summed E-state index contributed by atoms with van der Waals surface area (Å²) in [5.41, 5.74) is 0. The molecule has 9 nitrogen and oxygen atoms in total. The van der Waals surface area contributed by atoms with Gasteiger partial charge in [0.1, 0.15) is 36.5 Å². The lowest BCUT2D eigenvalue weighted by Gasteiger charge is -2.14. The molecule has 2 aromatic rings. The Balaban J connectivity index is 1.88. The second-order valence-corrected chi connectivity index (χ2v) is 8.47. The lowest BCUT2D eigenvalue weighted by Crippen LogP contribution is -2.40.